The monoisotopic (exact) mass is 458 g/mol. The zero-order valence-corrected chi connectivity index (χ0v) is 18.9. The first kappa shape index (κ1) is 22.3. The molecule has 1 aliphatic heterocycles. The average molecular weight is 459 g/mol. The lowest BCUT2D eigenvalue weighted by atomic mass is 10.1. The van der Waals surface area contributed by atoms with Crippen molar-refractivity contribution in [1.82, 2.24) is 4.72 Å². The molecule has 9 heteroatoms. The Morgan fingerprint density at radius 3 is 2.47 bits per heavy atom. The molecule has 1 N–H and O–H groups in total. The van der Waals surface area contributed by atoms with Gasteiger partial charge in [0.05, 0.1) is 14.2 Å². The van der Waals surface area contributed by atoms with Gasteiger partial charge >= 0.3 is 5.97 Å². The fraction of sp³-hybridized carbons (Fsp3) is 0.391. The first-order valence-corrected chi connectivity index (χ1v) is 12.0. The third kappa shape index (κ3) is 4.10. The molecule has 1 saturated carbocycles. The smallest absolute Gasteiger partial charge is 0.329 e. The van der Waals surface area contributed by atoms with Crippen LogP contribution in [0.3, 0.4) is 0 Å². The summed E-state index contributed by atoms with van der Waals surface area (Å²) in [6.45, 7) is 0. The summed E-state index contributed by atoms with van der Waals surface area (Å²) in [5, 5.41) is 0. The minimum absolute atomic E-state index is 0.0974. The number of nitrogens with zero attached hydrogens (tertiary/aromatic N) is 1. The van der Waals surface area contributed by atoms with E-state index < -0.39 is 27.9 Å². The molecule has 8 nitrogen and oxygen atoms in total. The molecule has 4 rings (SSSR count). The predicted molar refractivity (Wildman–Crippen MR) is 118 cm³/mol. The number of carbonyl (C=O) groups is 2. The van der Waals surface area contributed by atoms with Gasteiger partial charge in [-0.2, -0.15) is 0 Å². The highest BCUT2D eigenvalue weighted by atomic mass is 32.2. The molecule has 2 aromatic rings. The summed E-state index contributed by atoms with van der Waals surface area (Å²) >= 11 is 0. The summed E-state index contributed by atoms with van der Waals surface area (Å²) in [4.78, 5) is 27.2. The fourth-order valence-corrected chi connectivity index (χ4v) is 5.95. The van der Waals surface area contributed by atoms with Crippen LogP contribution in [0.1, 0.15) is 41.6 Å². The van der Waals surface area contributed by atoms with Gasteiger partial charge < -0.3 is 9.47 Å². The van der Waals surface area contributed by atoms with Gasteiger partial charge in [-0.1, -0.05) is 31.0 Å². The lowest BCUT2D eigenvalue weighted by Crippen LogP contribution is -2.43. The van der Waals surface area contributed by atoms with Crippen molar-refractivity contribution in [3.8, 4) is 5.75 Å². The van der Waals surface area contributed by atoms with E-state index >= 15 is 0 Å². The summed E-state index contributed by atoms with van der Waals surface area (Å²) in [5.41, 5.74) is 1.60. The van der Waals surface area contributed by atoms with Crippen molar-refractivity contribution in [1.29, 1.82) is 0 Å². The number of amides is 1. The number of esters is 1. The number of sulfonamides is 1. The molecule has 1 fully saturated rings. The van der Waals surface area contributed by atoms with Crippen LogP contribution in [0.15, 0.2) is 47.4 Å². The summed E-state index contributed by atoms with van der Waals surface area (Å²) in [7, 11) is -1.24. The number of methoxy groups -OCH3 is 2. The second-order valence-corrected chi connectivity index (χ2v) is 9.70. The maximum Gasteiger partial charge on any atom is 0.329 e. The van der Waals surface area contributed by atoms with Crippen LogP contribution < -0.4 is 14.4 Å². The van der Waals surface area contributed by atoms with Crippen molar-refractivity contribution in [3.63, 3.8) is 0 Å². The largest absolute Gasteiger partial charge is 0.495 e. The standard InChI is InChI=1S/C23H26N2O6S/c1-30-20-12-11-16(14-21(20)32(28,29)24-17-8-4-5-9-17)22(26)25-18-10-6-3-7-15(18)13-19(25)23(27)31-2/h3,6-7,10-12,14,17,19,24H,4-5,8-9,13H2,1-2H3. The number of hydrogen-bond acceptors (Lipinski definition) is 6. The predicted octanol–water partition coefficient (Wildman–Crippen LogP) is 2.66. The van der Waals surface area contributed by atoms with Crippen LogP contribution in [-0.2, 0) is 26.0 Å². The number of carbonyl (C=O) groups excluding carboxylic acids is 2. The number of nitrogens with one attached hydrogen (secondary N) is 1. The normalized spacial score (nSPS) is 18.4. The Labute approximate surface area is 187 Å². The number of rotatable bonds is 6. The zero-order chi connectivity index (χ0) is 22.9. The van der Waals surface area contributed by atoms with E-state index in [4.69, 9.17) is 9.47 Å². The fourth-order valence-electron chi connectivity index (χ4n) is 4.45. The number of benzene rings is 2. The van der Waals surface area contributed by atoms with Crippen molar-refractivity contribution >= 4 is 27.6 Å². The lowest BCUT2D eigenvalue weighted by molar-refractivity contribution is -0.141. The van der Waals surface area contributed by atoms with Gasteiger partial charge in [-0.05, 0) is 42.7 Å². The first-order chi connectivity index (χ1) is 15.4. The van der Waals surface area contributed by atoms with Gasteiger partial charge in [0, 0.05) is 23.7 Å². The third-order valence-corrected chi connectivity index (χ3v) is 7.59. The van der Waals surface area contributed by atoms with Crippen molar-refractivity contribution in [3.05, 3.63) is 53.6 Å². The minimum atomic E-state index is -3.90. The number of hydrogen-bond donors (Lipinski definition) is 1. The van der Waals surface area contributed by atoms with Crippen LogP contribution in [0.4, 0.5) is 5.69 Å². The van der Waals surface area contributed by atoms with E-state index in [0.717, 1.165) is 31.2 Å². The van der Waals surface area contributed by atoms with Crippen LogP contribution in [0.25, 0.3) is 0 Å². The highest BCUT2D eigenvalue weighted by molar-refractivity contribution is 7.89. The molecule has 1 amide bonds. The van der Waals surface area contributed by atoms with Crippen molar-refractivity contribution < 1.29 is 27.5 Å². The Morgan fingerprint density at radius 2 is 1.78 bits per heavy atom. The van der Waals surface area contributed by atoms with Crippen molar-refractivity contribution in [2.75, 3.05) is 19.1 Å². The molecule has 0 radical (unpaired) electrons. The van der Waals surface area contributed by atoms with E-state index in [0.29, 0.717) is 12.1 Å². The summed E-state index contributed by atoms with van der Waals surface area (Å²) in [6, 6.07) is 10.6. The quantitative estimate of drug-likeness (QED) is 0.668. The molecule has 1 unspecified atom stereocenters. The maximum absolute atomic E-state index is 13.5. The first-order valence-electron chi connectivity index (χ1n) is 10.6. The van der Waals surface area contributed by atoms with E-state index in [2.05, 4.69) is 4.72 Å². The molecule has 2 aromatic carbocycles. The number of ether oxygens (including phenoxy) is 2. The highest BCUT2D eigenvalue weighted by Crippen LogP contribution is 2.35. The van der Waals surface area contributed by atoms with Gasteiger partial charge in [0.1, 0.15) is 16.7 Å². The average Bonchev–Trinajstić information content (AvgIpc) is 3.44. The van der Waals surface area contributed by atoms with Crippen LogP contribution >= 0.6 is 0 Å². The molecule has 1 aliphatic carbocycles. The molecule has 2 aliphatic rings. The topological polar surface area (TPSA) is 102 Å². The summed E-state index contributed by atoms with van der Waals surface area (Å²) < 4.78 is 39.1. The Morgan fingerprint density at radius 1 is 1.06 bits per heavy atom. The second-order valence-electron chi connectivity index (χ2n) is 8.02. The van der Waals surface area contributed by atoms with Crippen LogP contribution in [0, 0.1) is 0 Å². The van der Waals surface area contributed by atoms with E-state index in [-0.39, 0.29) is 22.3 Å². The van der Waals surface area contributed by atoms with Crippen LogP contribution in [0.2, 0.25) is 0 Å². The molecule has 170 valence electrons. The zero-order valence-electron chi connectivity index (χ0n) is 18.0. The summed E-state index contributed by atoms with van der Waals surface area (Å²) in [5.74, 6) is -0.859. The SMILES string of the molecule is COC(=O)C1Cc2ccccc2N1C(=O)c1ccc(OC)c(S(=O)(=O)NC2CCCC2)c1. The Hall–Kier alpha value is -2.91. The van der Waals surface area contributed by atoms with Crippen LogP contribution in [0.5, 0.6) is 5.75 Å². The van der Waals surface area contributed by atoms with Gasteiger partial charge in [0.2, 0.25) is 10.0 Å². The Kier molecular flexibility index (Phi) is 6.21. The van der Waals surface area contributed by atoms with Crippen molar-refractivity contribution in [2.45, 2.75) is 49.1 Å². The Bertz CT molecular complexity index is 1140. The lowest BCUT2D eigenvalue weighted by Gasteiger charge is -2.24. The third-order valence-electron chi connectivity index (χ3n) is 6.05. The molecular weight excluding hydrogens is 432 g/mol. The molecule has 0 saturated heterocycles. The highest BCUT2D eigenvalue weighted by Gasteiger charge is 2.39. The van der Waals surface area contributed by atoms with Gasteiger partial charge in [-0.3, -0.25) is 9.69 Å². The van der Waals surface area contributed by atoms with Crippen LogP contribution in [-0.4, -0.2) is 46.6 Å². The van der Waals surface area contributed by atoms with E-state index in [1.807, 2.05) is 12.1 Å². The van der Waals surface area contributed by atoms with Crippen molar-refractivity contribution in [2.24, 2.45) is 0 Å². The van der Waals surface area contributed by atoms with E-state index in [1.54, 1.807) is 12.1 Å². The molecular formula is C23H26N2O6S. The molecule has 0 bridgehead atoms. The maximum atomic E-state index is 13.5. The summed E-state index contributed by atoms with van der Waals surface area (Å²) in [6.07, 6.45) is 3.86. The molecule has 32 heavy (non-hydrogen) atoms. The van der Waals surface area contributed by atoms with Gasteiger partial charge in [0.25, 0.3) is 5.91 Å². The molecule has 1 atom stereocenters. The van der Waals surface area contributed by atoms with Gasteiger partial charge in [0.15, 0.2) is 0 Å². The number of fused-ring (bicyclic) bond motifs is 1. The van der Waals surface area contributed by atoms with Gasteiger partial charge in [-0.25, -0.2) is 17.9 Å². The molecule has 0 spiro atoms. The van der Waals surface area contributed by atoms with Gasteiger partial charge in [-0.15, -0.1) is 0 Å². The molecule has 1 heterocycles. The molecule has 0 aromatic heterocycles. The number of anilines is 1. The van der Waals surface area contributed by atoms with E-state index in [1.165, 1.54) is 37.3 Å². The minimum Gasteiger partial charge on any atom is -0.495 e. The Balaban J connectivity index is 1.72. The van der Waals surface area contributed by atoms with E-state index in [9.17, 15) is 18.0 Å². The second kappa shape index (κ2) is 8.91. The number of para-hydroxylation sites is 1.